The zero-order valence-electron chi connectivity index (χ0n) is 10.5. The van der Waals surface area contributed by atoms with Crippen molar-refractivity contribution in [2.24, 2.45) is 5.92 Å². The molecule has 2 aromatic heterocycles. The largest absolute Gasteiger partial charge is 0.481 e. The maximum atomic E-state index is 11.3. The Morgan fingerprint density at radius 3 is 3.05 bits per heavy atom. The molecule has 0 amide bonds. The number of nitrogens with zero attached hydrogens (tertiary/aromatic N) is 1. The Balaban J connectivity index is 1.87. The van der Waals surface area contributed by atoms with E-state index in [1.54, 1.807) is 18.5 Å². The second-order valence-electron chi connectivity index (χ2n) is 4.97. The highest BCUT2D eigenvalue weighted by Crippen LogP contribution is 2.29. The molecule has 0 radical (unpaired) electrons. The number of aromatic nitrogens is 1. The van der Waals surface area contributed by atoms with Gasteiger partial charge in [0.05, 0.1) is 17.6 Å². The van der Waals surface area contributed by atoms with Gasteiger partial charge < -0.3 is 14.8 Å². The minimum atomic E-state index is -0.725. The van der Waals surface area contributed by atoms with Crippen molar-refractivity contribution in [3.63, 3.8) is 0 Å². The van der Waals surface area contributed by atoms with Crippen LogP contribution >= 0.6 is 0 Å². The van der Waals surface area contributed by atoms with Crippen molar-refractivity contribution < 1.29 is 14.3 Å². The number of furan rings is 1. The lowest BCUT2D eigenvalue weighted by molar-refractivity contribution is -0.143. The Morgan fingerprint density at radius 2 is 2.21 bits per heavy atom. The van der Waals surface area contributed by atoms with Crippen LogP contribution in [-0.2, 0) is 4.79 Å². The molecule has 1 saturated carbocycles. The van der Waals surface area contributed by atoms with Crippen molar-refractivity contribution in [2.75, 3.05) is 5.32 Å². The summed E-state index contributed by atoms with van der Waals surface area (Å²) in [7, 11) is 0. The van der Waals surface area contributed by atoms with Gasteiger partial charge in [-0.2, -0.15) is 0 Å². The molecule has 19 heavy (non-hydrogen) atoms. The average molecular weight is 260 g/mol. The second-order valence-corrected chi connectivity index (χ2v) is 4.97. The fourth-order valence-corrected chi connectivity index (χ4v) is 2.78. The molecule has 100 valence electrons. The molecule has 1 aliphatic carbocycles. The van der Waals surface area contributed by atoms with Gasteiger partial charge in [-0.15, -0.1) is 0 Å². The van der Waals surface area contributed by atoms with Gasteiger partial charge in [0.15, 0.2) is 0 Å². The van der Waals surface area contributed by atoms with Crippen LogP contribution in [0.25, 0.3) is 11.0 Å². The summed E-state index contributed by atoms with van der Waals surface area (Å²) in [5.74, 6) is -0.348. The first-order valence-electron chi connectivity index (χ1n) is 6.57. The molecule has 2 heterocycles. The predicted molar refractivity (Wildman–Crippen MR) is 71.0 cm³/mol. The lowest BCUT2D eigenvalue weighted by Gasteiger charge is -2.29. The Morgan fingerprint density at radius 1 is 1.37 bits per heavy atom. The quantitative estimate of drug-likeness (QED) is 0.887. The maximum Gasteiger partial charge on any atom is 0.308 e. The number of nitrogens with one attached hydrogen (secondary N) is 1. The van der Waals surface area contributed by atoms with E-state index in [-0.39, 0.29) is 12.0 Å². The lowest BCUT2D eigenvalue weighted by atomic mass is 9.84. The van der Waals surface area contributed by atoms with Gasteiger partial charge >= 0.3 is 5.97 Å². The van der Waals surface area contributed by atoms with E-state index in [1.807, 2.05) is 6.07 Å². The molecule has 5 heteroatoms. The van der Waals surface area contributed by atoms with E-state index in [1.165, 1.54) is 0 Å². The number of hydrogen-bond donors (Lipinski definition) is 2. The van der Waals surface area contributed by atoms with Gasteiger partial charge in [-0.05, 0) is 25.0 Å². The first-order valence-corrected chi connectivity index (χ1v) is 6.57. The number of rotatable bonds is 3. The van der Waals surface area contributed by atoms with Gasteiger partial charge in [0.2, 0.25) is 0 Å². The third-order valence-electron chi connectivity index (χ3n) is 3.79. The minimum Gasteiger partial charge on any atom is -0.481 e. The molecule has 1 aliphatic rings. The van der Waals surface area contributed by atoms with E-state index in [0.717, 1.165) is 36.7 Å². The van der Waals surface area contributed by atoms with Gasteiger partial charge in [-0.1, -0.05) is 12.8 Å². The maximum absolute atomic E-state index is 11.3. The zero-order valence-corrected chi connectivity index (χ0v) is 10.5. The molecule has 0 saturated heterocycles. The summed E-state index contributed by atoms with van der Waals surface area (Å²) in [6, 6.07) is 3.60. The Bertz CT molecular complexity index is 593. The summed E-state index contributed by atoms with van der Waals surface area (Å²) in [5.41, 5.74) is 0.764. The number of anilines is 1. The average Bonchev–Trinajstić information content (AvgIpc) is 2.88. The van der Waals surface area contributed by atoms with Crippen LogP contribution in [0, 0.1) is 5.92 Å². The Labute approximate surface area is 110 Å². The van der Waals surface area contributed by atoms with Crippen molar-refractivity contribution in [2.45, 2.75) is 31.7 Å². The fraction of sp³-hybridized carbons (Fsp3) is 0.429. The predicted octanol–water partition coefficient (Wildman–Crippen LogP) is 2.88. The van der Waals surface area contributed by atoms with Crippen LogP contribution in [0.1, 0.15) is 25.7 Å². The number of carboxylic acid groups (broad SMARTS) is 1. The third kappa shape index (κ3) is 2.28. The number of pyridine rings is 1. The number of carbonyl (C=O) groups is 1. The van der Waals surface area contributed by atoms with Crippen molar-refractivity contribution in [1.29, 1.82) is 0 Å². The summed E-state index contributed by atoms with van der Waals surface area (Å²) in [4.78, 5) is 15.6. The molecule has 2 unspecified atom stereocenters. The molecule has 0 aromatic carbocycles. The molecule has 2 aromatic rings. The van der Waals surface area contributed by atoms with E-state index < -0.39 is 5.97 Å². The SMILES string of the molecule is O=C(O)C1CCCCC1Nc1nccc2occc12. The number of carboxylic acids is 1. The van der Waals surface area contributed by atoms with Gasteiger partial charge in [0.1, 0.15) is 11.4 Å². The summed E-state index contributed by atoms with van der Waals surface area (Å²) < 4.78 is 5.33. The third-order valence-corrected chi connectivity index (χ3v) is 3.79. The van der Waals surface area contributed by atoms with E-state index in [9.17, 15) is 9.90 Å². The van der Waals surface area contributed by atoms with E-state index in [2.05, 4.69) is 10.3 Å². The highest BCUT2D eigenvalue weighted by Gasteiger charge is 2.31. The van der Waals surface area contributed by atoms with Crippen LogP contribution in [-0.4, -0.2) is 22.1 Å². The molecule has 0 bridgehead atoms. The highest BCUT2D eigenvalue weighted by atomic mass is 16.4. The van der Waals surface area contributed by atoms with Crippen molar-refractivity contribution in [1.82, 2.24) is 4.98 Å². The Hall–Kier alpha value is -2.04. The Kier molecular flexibility index (Phi) is 3.11. The normalized spacial score (nSPS) is 23.4. The topological polar surface area (TPSA) is 75.4 Å². The van der Waals surface area contributed by atoms with Crippen molar-refractivity contribution >= 4 is 22.8 Å². The van der Waals surface area contributed by atoms with Crippen LogP contribution in [0.15, 0.2) is 29.0 Å². The molecule has 0 spiro atoms. The van der Waals surface area contributed by atoms with Gasteiger partial charge in [0.25, 0.3) is 0 Å². The summed E-state index contributed by atoms with van der Waals surface area (Å²) in [6.45, 7) is 0. The first kappa shape index (κ1) is 12.0. The highest BCUT2D eigenvalue weighted by molar-refractivity contribution is 5.88. The van der Waals surface area contributed by atoms with Crippen LogP contribution in [0.3, 0.4) is 0 Å². The smallest absolute Gasteiger partial charge is 0.308 e. The lowest BCUT2D eigenvalue weighted by Crippen LogP contribution is -2.37. The van der Waals surface area contributed by atoms with Crippen molar-refractivity contribution in [3.05, 3.63) is 24.6 Å². The second kappa shape index (κ2) is 4.91. The number of aliphatic carboxylic acids is 1. The summed E-state index contributed by atoms with van der Waals surface area (Å²) in [5, 5.41) is 13.5. The van der Waals surface area contributed by atoms with Crippen molar-refractivity contribution in [3.8, 4) is 0 Å². The standard InChI is InChI=1S/C14H16N2O3/c17-14(18)9-3-1-2-4-11(9)16-13-10-6-8-19-12(10)5-7-15-13/h5-9,11H,1-4H2,(H,15,16)(H,17,18). The van der Waals surface area contributed by atoms with Gasteiger partial charge in [-0.25, -0.2) is 4.98 Å². The van der Waals surface area contributed by atoms with Crippen LogP contribution < -0.4 is 5.32 Å². The molecular formula is C14H16N2O3. The van der Waals surface area contributed by atoms with Gasteiger partial charge in [-0.3, -0.25) is 4.79 Å². The van der Waals surface area contributed by atoms with E-state index in [4.69, 9.17) is 4.42 Å². The van der Waals surface area contributed by atoms with Crippen LogP contribution in [0.5, 0.6) is 0 Å². The minimum absolute atomic E-state index is 0.0563. The summed E-state index contributed by atoms with van der Waals surface area (Å²) >= 11 is 0. The molecule has 0 aliphatic heterocycles. The van der Waals surface area contributed by atoms with E-state index in [0.29, 0.717) is 5.82 Å². The molecule has 2 atom stereocenters. The monoisotopic (exact) mass is 260 g/mol. The summed E-state index contributed by atoms with van der Waals surface area (Å²) in [6.07, 6.45) is 6.93. The number of fused-ring (bicyclic) bond motifs is 1. The molecule has 1 fully saturated rings. The zero-order chi connectivity index (χ0) is 13.2. The molecule has 3 rings (SSSR count). The van der Waals surface area contributed by atoms with Crippen LogP contribution in [0.4, 0.5) is 5.82 Å². The van der Waals surface area contributed by atoms with Crippen LogP contribution in [0.2, 0.25) is 0 Å². The number of hydrogen-bond acceptors (Lipinski definition) is 4. The van der Waals surface area contributed by atoms with E-state index >= 15 is 0 Å². The molecule has 5 nitrogen and oxygen atoms in total. The first-order chi connectivity index (χ1) is 9.25. The molecule has 2 N–H and O–H groups in total. The fourth-order valence-electron chi connectivity index (χ4n) is 2.78. The molecular weight excluding hydrogens is 244 g/mol. The van der Waals surface area contributed by atoms with Gasteiger partial charge in [0, 0.05) is 12.2 Å².